The van der Waals surface area contributed by atoms with Gasteiger partial charge in [-0.1, -0.05) is 12.1 Å². The Hall–Kier alpha value is -2.46. The van der Waals surface area contributed by atoms with E-state index in [4.69, 9.17) is 10.00 Å². The molecule has 0 bridgehead atoms. The molecule has 7 heteroatoms. The van der Waals surface area contributed by atoms with Crippen molar-refractivity contribution in [3.05, 3.63) is 39.4 Å². The minimum atomic E-state index is -0.684. The largest absolute Gasteiger partial charge is 0.360 e. The van der Waals surface area contributed by atoms with E-state index in [9.17, 15) is 14.9 Å². The van der Waals surface area contributed by atoms with Crippen LogP contribution >= 0.6 is 0 Å². The van der Waals surface area contributed by atoms with Crippen molar-refractivity contribution < 1.29 is 14.5 Å². The molecule has 0 N–H and O–H groups in total. The van der Waals surface area contributed by atoms with Crippen LogP contribution in [0.25, 0.3) is 0 Å². The molecular formula is C13H13N3O4. The molecule has 1 atom stereocenters. The molecule has 0 aliphatic carbocycles. The summed E-state index contributed by atoms with van der Waals surface area (Å²) in [5.74, 6) is -0.432. The van der Waals surface area contributed by atoms with Gasteiger partial charge in [-0.25, -0.2) is 0 Å². The maximum atomic E-state index is 12.5. The molecule has 1 aromatic rings. The maximum Gasteiger partial charge on any atom is 0.282 e. The number of rotatable bonds is 2. The molecule has 0 radical (unpaired) electrons. The first-order valence-electron chi connectivity index (χ1n) is 6.09. The van der Waals surface area contributed by atoms with E-state index >= 15 is 0 Å². The van der Waals surface area contributed by atoms with Gasteiger partial charge < -0.3 is 9.64 Å². The van der Waals surface area contributed by atoms with Gasteiger partial charge in [-0.05, 0) is 12.5 Å². The van der Waals surface area contributed by atoms with Crippen molar-refractivity contribution in [2.45, 2.75) is 13.0 Å². The van der Waals surface area contributed by atoms with E-state index < -0.39 is 16.9 Å². The van der Waals surface area contributed by atoms with E-state index in [1.807, 2.05) is 6.07 Å². The van der Waals surface area contributed by atoms with Gasteiger partial charge in [0.1, 0.15) is 5.56 Å². The summed E-state index contributed by atoms with van der Waals surface area (Å²) >= 11 is 0. The van der Waals surface area contributed by atoms with Crippen molar-refractivity contribution in [3.8, 4) is 6.07 Å². The Labute approximate surface area is 115 Å². The van der Waals surface area contributed by atoms with Gasteiger partial charge in [0, 0.05) is 12.6 Å². The normalized spacial score (nSPS) is 18.4. The first-order chi connectivity index (χ1) is 9.54. The Kier molecular flexibility index (Phi) is 3.96. The predicted molar refractivity (Wildman–Crippen MR) is 69.1 cm³/mol. The molecule has 104 valence electrons. The van der Waals surface area contributed by atoms with Gasteiger partial charge in [-0.2, -0.15) is 5.26 Å². The summed E-state index contributed by atoms with van der Waals surface area (Å²) in [5.41, 5.74) is 0.412. The number of nitro benzene ring substituents is 1. The third-order valence-electron chi connectivity index (χ3n) is 3.16. The van der Waals surface area contributed by atoms with E-state index in [2.05, 4.69) is 0 Å². The van der Waals surface area contributed by atoms with Crippen LogP contribution in [-0.2, 0) is 4.74 Å². The molecule has 1 aliphatic heterocycles. The fourth-order valence-corrected chi connectivity index (χ4v) is 2.15. The summed E-state index contributed by atoms with van der Waals surface area (Å²) < 4.78 is 5.16. The number of nitro groups is 1. The highest BCUT2D eigenvalue weighted by Gasteiger charge is 2.30. The molecular weight excluding hydrogens is 262 g/mol. The summed E-state index contributed by atoms with van der Waals surface area (Å²) in [6.07, 6.45) is -0.684. The summed E-state index contributed by atoms with van der Waals surface area (Å²) in [6, 6.07) is 6.45. The number of nitrogens with zero attached hydrogens (tertiary/aromatic N) is 3. The van der Waals surface area contributed by atoms with Crippen molar-refractivity contribution >= 4 is 11.6 Å². The summed E-state index contributed by atoms with van der Waals surface area (Å²) in [5, 5.41) is 19.9. The van der Waals surface area contributed by atoms with Crippen LogP contribution in [0.3, 0.4) is 0 Å². The SMILES string of the molecule is Cc1cccc([N+](=O)[O-])c1C(=O)N1CCOC(C#N)C1. The van der Waals surface area contributed by atoms with Crippen molar-refractivity contribution in [2.75, 3.05) is 19.7 Å². The zero-order valence-electron chi connectivity index (χ0n) is 10.9. The zero-order valence-corrected chi connectivity index (χ0v) is 10.9. The van der Waals surface area contributed by atoms with Crippen molar-refractivity contribution in [1.82, 2.24) is 4.90 Å². The van der Waals surface area contributed by atoms with E-state index in [1.54, 1.807) is 19.1 Å². The molecule has 1 unspecified atom stereocenters. The van der Waals surface area contributed by atoms with Crippen LogP contribution in [0.4, 0.5) is 5.69 Å². The quantitative estimate of drug-likeness (QED) is 0.598. The molecule has 1 aromatic carbocycles. The lowest BCUT2D eigenvalue weighted by Gasteiger charge is -2.30. The van der Waals surface area contributed by atoms with Gasteiger partial charge in [0.2, 0.25) is 0 Å². The fraction of sp³-hybridized carbons (Fsp3) is 0.385. The highest BCUT2D eigenvalue weighted by atomic mass is 16.6. The first-order valence-corrected chi connectivity index (χ1v) is 6.09. The third-order valence-corrected chi connectivity index (χ3v) is 3.16. The number of benzene rings is 1. The highest BCUT2D eigenvalue weighted by molar-refractivity contribution is 5.99. The van der Waals surface area contributed by atoms with Crippen LogP contribution in [0.15, 0.2) is 18.2 Å². The Morgan fingerprint density at radius 3 is 3.00 bits per heavy atom. The summed E-state index contributed by atoms with van der Waals surface area (Å²) in [7, 11) is 0. The summed E-state index contributed by atoms with van der Waals surface area (Å²) in [6.45, 7) is 2.36. The predicted octanol–water partition coefficient (Wildman–Crippen LogP) is 1.27. The van der Waals surface area contributed by atoms with Crippen LogP contribution < -0.4 is 0 Å². The average Bonchev–Trinajstić information content (AvgIpc) is 2.46. The Balaban J connectivity index is 2.34. The highest BCUT2D eigenvalue weighted by Crippen LogP contribution is 2.24. The molecule has 0 aromatic heterocycles. The molecule has 1 amide bonds. The Bertz CT molecular complexity index is 594. The minimum absolute atomic E-state index is 0.0797. The minimum Gasteiger partial charge on any atom is -0.360 e. The molecule has 7 nitrogen and oxygen atoms in total. The molecule has 1 saturated heterocycles. The number of morpholine rings is 1. The van der Waals surface area contributed by atoms with E-state index in [-0.39, 0.29) is 24.4 Å². The topological polar surface area (TPSA) is 96.5 Å². The number of hydrogen-bond acceptors (Lipinski definition) is 5. The van der Waals surface area contributed by atoms with Crippen molar-refractivity contribution in [1.29, 1.82) is 5.26 Å². The molecule has 0 spiro atoms. The zero-order chi connectivity index (χ0) is 14.7. The van der Waals surface area contributed by atoms with E-state index in [0.717, 1.165) is 0 Å². The van der Waals surface area contributed by atoms with Gasteiger partial charge in [-0.15, -0.1) is 0 Å². The smallest absolute Gasteiger partial charge is 0.282 e. The Morgan fingerprint density at radius 2 is 2.35 bits per heavy atom. The van der Waals surface area contributed by atoms with E-state index in [1.165, 1.54) is 11.0 Å². The third kappa shape index (κ3) is 2.60. The number of carbonyl (C=O) groups is 1. The average molecular weight is 275 g/mol. The van der Waals surface area contributed by atoms with Crippen LogP contribution in [0.5, 0.6) is 0 Å². The molecule has 1 heterocycles. The molecule has 20 heavy (non-hydrogen) atoms. The van der Waals surface area contributed by atoms with Crippen LogP contribution in [-0.4, -0.2) is 41.5 Å². The maximum absolute atomic E-state index is 12.5. The van der Waals surface area contributed by atoms with E-state index in [0.29, 0.717) is 12.1 Å². The lowest BCUT2D eigenvalue weighted by atomic mass is 10.0. The lowest BCUT2D eigenvalue weighted by molar-refractivity contribution is -0.385. The number of ether oxygens (including phenoxy) is 1. The van der Waals surface area contributed by atoms with Gasteiger partial charge in [0.05, 0.1) is 24.1 Å². The number of carbonyl (C=O) groups excluding carboxylic acids is 1. The molecule has 1 fully saturated rings. The first kappa shape index (κ1) is 14.0. The van der Waals surface area contributed by atoms with Crippen molar-refractivity contribution in [3.63, 3.8) is 0 Å². The number of aryl methyl sites for hydroxylation is 1. The van der Waals surface area contributed by atoms with Gasteiger partial charge in [0.25, 0.3) is 11.6 Å². The fourth-order valence-electron chi connectivity index (χ4n) is 2.15. The monoisotopic (exact) mass is 275 g/mol. The van der Waals surface area contributed by atoms with Gasteiger partial charge in [-0.3, -0.25) is 14.9 Å². The second-order valence-electron chi connectivity index (χ2n) is 4.47. The second kappa shape index (κ2) is 5.67. The van der Waals surface area contributed by atoms with Crippen LogP contribution in [0.1, 0.15) is 15.9 Å². The van der Waals surface area contributed by atoms with Gasteiger partial charge >= 0.3 is 0 Å². The second-order valence-corrected chi connectivity index (χ2v) is 4.47. The number of amides is 1. The van der Waals surface area contributed by atoms with Crippen molar-refractivity contribution in [2.24, 2.45) is 0 Å². The number of nitriles is 1. The Morgan fingerprint density at radius 1 is 1.60 bits per heavy atom. The van der Waals surface area contributed by atoms with Crippen LogP contribution in [0, 0.1) is 28.4 Å². The molecule has 0 saturated carbocycles. The standard InChI is InChI=1S/C13H13N3O4/c1-9-3-2-4-11(16(18)19)12(9)13(17)15-5-6-20-10(7-14)8-15/h2-4,10H,5-6,8H2,1H3. The number of hydrogen-bond donors (Lipinski definition) is 0. The summed E-state index contributed by atoms with van der Waals surface area (Å²) in [4.78, 5) is 24.4. The molecule has 2 rings (SSSR count). The lowest BCUT2D eigenvalue weighted by Crippen LogP contribution is -2.45. The van der Waals surface area contributed by atoms with Crippen LogP contribution in [0.2, 0.25) is 0 Å². The molecule has 1 aliphatic rings. The van der Waals surface area contributed by atoms with Gasteiger partial charge in [0.15, 0.2) is 6.10 Å².